The number of anilines is 1. The molecule has 2 rings (SSSR count). The highest BCUT2D eigenvalue weighted by Gasteiger charge is 2.05. The summed E-state index contributed by atoms with van der Waals surface area (Å²) in [5.74, 6) is 0. The number of pyridine rings is 1. The largest absolute Gasteiger partial charge is 0.369 e. The third-order valence-corrected chi connectivity index (χ3v) is 3.04. The van der Waals surface area contributed by atoms with Gasteiger partial charge in [-0.3, -0.25) is 4.98 Å². The number of nitriles is 1. The Morgan fingerprint density at radius 1 is 1.33 bits per heavy atom. The summed E-state index contributed by atoms with van der Waals surface area (Å²) in [4.78, 5) is 6.35. The molecule has 0 spiro atoms. The standard InChI is InChI=1S/C14H12BrN3/c1-18(10-13-4-2-3-5-17-13)14-7-11(9-16)6-12(15)8-14/h2-8H,10H2,1H3. The molecule has 0 atom stereocenters. The first kappa shape index (κ1) is 12.6. The van der Waals surface area contributed by atoms with Gasteiger partial charge in [0.05, 0.1) is 23.9 Å². The maximum absolute atomic E-state index is 8.96. The number of rotatable bonds is 3. The number of hydrogen-bond acceptors (Lipinski definition) is 3. The van der Waals surface area contributed by atoms with Crippen molar-refractivity contribution in [2.24, 2.45) is 0 Å². The van der Waals surface area contributed by atoms with Crippen LogP contribution in [0.1, 0.15) is 11.3 Å². The molecule has 0 N–H and O–H groups in total. The van der Waals surface area contributed by atoms with E-state index < -0.39 is 0 Å². The molecule has 0 bridgehead atoms. The second-order valence-corrected chi connectivity index (χ2v) is 4.90. The van der Waals surface area contributed by atoms with Crippen molar-refractivity contribution in [3.63, 3.8) is 0 Å². The van der Waals surface area contributed by atoms with Crippen molar-refractivity contribution in [2.45, 2.75) is 6.54 Å². The molecule has 0 aliphatic heterocycles. The fraction of sp³-hybridized carbons (Fsp3) is 0.143. The minimum atomic E-state index is 0.646. The lowest BCUT2D eigenvalue weighted by Crippen LogP contribution is -2.17. The Balaban J connectivity index is 2.21. The van der Waals surface area contributed by atoms with Crippen molar-refractivity contribution in [1.82, 2.24) is 4.98 Å². The van der Waals surface area contributed by atoms with E-state index in [-0.39, 0.29) is 0 Å². The Morgan fingerprint density at radius 3 is 2.83 bits per heavy atom. The van der Waals surface area contributed by atoms with Crippen LogP contribution in [0.4, 0.5) is 5.69 Å². The summed E-state index contributed by atoms with van der Waals surface area (Å²) >= 11 is 3.41. The van der Waals surface area contributed by atoms with Crippen molar-refractivity contribution >= 4 is 21.6 Å². The van der Waals surface area contributed by atoms with Gasteiger partial charge in [-0.2, -0.15) is 5.26 Å². The summed E-state index contributed by atoms with van der Waals surface area (Å²) in [5, 5.41) is 8.96. The van der Waals surface area contributed by atoms with Gasteiger partial charge in [0.2, 0.25) is 0 Å². The minimum absolute atomic E-state index is 0.646. The fourth-order valence-electron chi connectivity index (χ4n) is 1.69. The molecule has 0 radical (unpaired) electrons. The summed E-state index contributed by atoms with van der Waals surface area (Å²) in [5.41, 5.74) is 2.64. The lowest BCUT2D eigenvalue weighted by Gasteiger charge is -2.19. The van der Waals surface area contributed by atoms with E-state index in [1.807, 2.05) is 37.4 Å². The van der Waals surface area contributed by atoms with Crippen molar-refractivity contribution in [3.8, 4) is 6.07 Å². The molecule has 0 amide bonds. The van der Waals surface area contributed by atoms with Gasteiger partial charge in [0.25, 0.3) is 0 Å². The van der Waals surface area contributed by atoms with Crippen molar-refractivity contribution in [1.29, 1.82) is 5.26 Å². The van der Waals surface area contributed by atoms with E-state index in [0.717, 1.165) is 15.9 Å². The number of hydrogen-bond donors (Lipinski definition) is 0. The van der Waals surface area contributed by atoms with E-state index in [9.17, 15) is 0 Å². The van der Waals surface area contributed by atoms with Crippen LogP contribution in [-0.4, -0.2) is 12.0 Å². The van der Waals surface area contributed by atoms with Crippen LogP contribution in [0.3, 0.4) is 0 Å². The molecular weight excluding hydrogens is 290 g/mol. The molecule has 0 aliphatic carbocycles. The summed E-state index contributed by atoms with van der Waals surface area (Å²) in [6.45, 7) is 0.710. The van der Waals surface area contributed by atoms with Gasteiger partial charge in [0.15, 0.2) is 0 Å². The van der Waals surface area contributed by atoms with E-state index in [0.29, 0.717) is 12.1 Å². The van der Waals surface area contributed by atoms with Crippen LogP contribution in [0.5, 0.6) is 0 Å². The Morgan fingerprint density at radius 2 is 2.17 bits per heavy atom. The molecule has 0 unspecified atom stereocenters. The predicted molar refractivity (Wildman–Crippen MR) is 75.2 cm³/mol. The van der Waals surface area contributed by atoms with Gasteiger partial charge >= 0.3 is 0 Å². The molecule has 1 aromatic heterocycles. The van der Waals surface area contributed by atoms with E-state index in [4.69, 9.17) is 5.26 Å². The highest BCUT2D eigenvalue weighted by atomic mass is 79.9. The maximum atomic E-state index is 8.96. The van der Waals surface area contributed by atoms with Crippen LogP contribution < -0.4 is 4.90 Å². The van der Waals surface area contributed by atoms with Crippen molar-refractivity contribution in [2.75, 3.05) is 11.9 Å². The topological polar surface area (TPSA) is 39.9 Å². The first-order valence-electron chi connectivity index (χ1n) is 5.51. The van der Waals surface area contributed by atoms with E-state index in [1.54, 1.807) is 12.3 Å². The Bertz CT molecular complexity index is 575. The summed E-state index contributed by atoms with van der Waals surface area (Å²) in [6, 6.07) is 13.7. The predicted octanol–water partition coefficient (Wildman–Crippen LogP) is 3.35. The van der Waals surface area contributed by atoms with Crippen LogP contribution in [0.15, 0.2) is 47.1 Å². The van der Waals surface area contributed by atoms with Crippen LogP contribution in [-0.2, 0) is 6.54 Å². The molecule has 3 nitrogen and oxygen atoms in total. The fourth-order valence-corrected chi connectivity index (χ4v) is 2.17. The highest BCUT2D eigenvalue weighted by Crippen LogP contribution is 2.22. The van der Waals surface area contributed by atoms with Crippen LogP contribution >= 0.6 is 15.9 Å². The first-order chi connectivity index (χ1) is 8.69. The number of benzene rings is 1. The van der Waals surface area contributed by atoms with E-state index >= 15 is 0 Å². The van der Waals surface area contributed by atoms with Gasteiger partial charge in [0.1, 0.15) is 0 Å². The molecule has 18 heavy (non-hydrogen) atoms. The lowest BCUT2D eigenvalue weighted by atomic mass is 10.2. The molecule has 90 valence electrons. The number of nitrogens with zero attached hydrogens (tertiary/aromatic N) is 3. The monoisotopic (exact) mass is 301 g/mol. The molecule has 0 saturated carbocycles. The minimum Gasteiger partial charge on any atom is -0.369 e. The van der Waals surface area contributed by atoms with Gasteiger partial charge in [0, 0.05) is 23.4 Å². The Hall–Kier alpha value is -1.86. The highest BCUT2D eigenvalue weighted by molar-refractivity contribution is 9.10. The molecule has 0 aliphatic rings. The van der Waals surface area contributed by atoms with Crippen molar-refractivity contribution in [3.05, 3.63) is 58.3 Å². The quantitative estimate of drug-likeness (QED) is 0.873. The second-order valence-electron chi connectivity index (χ2n) is 3.99. The van der Waals surface area contributed by atoms with Crippen LogP contribution in [0.2, 0.25) is 0 Å². The molecule has 0 fully saturated rings. The zero-order valence-electron chi connectivity index (χ0n) is 9.97. The Labute approximate surface area is 115 Å². The van der Waals surface area contributed by atoms with Crippen LogP contribution in [0.25, 0.3) is 0 Å². The average Bonchev–Trinajstić information content (AvgIpc) is 2.39. The van der Waals surface area contributed by atoms with Gasteiger partial charge in [-0.05, 0) is 30.3 Å². The summed E-state index contributed by atoms with van der Waals surface area (Å²) < 4.78 is 0.907. The number of halogens is 1. The van der Waals surface area contributed by atoms with Crippen molar-refractivity contribution < 1.29 is 0 Å². The van der Waals surface area contributed by atoms with E-state index in [1.165, 1.54) is 0 Å². The van der Waals surface area contributed by atoms with Gasteiger partial charge in [-0.1, -0.05) is 22.0 Å². The smallest absolute Gasteiger partial charge is 0.0992 e. The average molecular weight is 302 g/mol. The van der Waals surface area contributed by atoms with E-state index in [2.05, 4.69) is 31.9 Å². The van der Waals surface area contributed by atoms with Gasteiger partial charge in [-0.25, -0.2) is 0 Å². The zero-order valence-corrected chi connectivity index (χ0v) is 11.6. The third kappa shape index (κ3) is 3.08. The summed E-state index contributed by atoms with van der Waals surface area (Å²) in [7, 11) is 1.98. The molecule has 2 aromatic rings. The van der Waals surface area contributed by atoms with Gasteiger partial charge < -0.3 is 4.90 Å². The zero-order chi connectivity index (χ0) is 13.0. The SMILES string of the molecule is CN(Cc1ccccn1)c1cc(Br)cc(C#N)c1. The Kier molecular flexibility index (Phi) is 3.96. The van der Waals surface area contributed by atoms with Gasteiger partial charge in [-0.15, -0.1) is 0 Å². The third-order valence-electron chi connectivity index (χ3n) is 2.58. The molecule has 0 saturated heterocycles. The molecule has 4 heteroatoms. The second kappa shape index (κ2) is 5.65. The molecule has 1 aromatic carbocycles. The lowest BCUT2D eigenvalue weighted by molar-refractivity contribution is 0.884. The first-order valence-corrected chi connectivity index (χ1v) is 6.30. The van der Waals surface area contributed by atoms with Crippen LogP contribution in [0, 0.1) is 11.3 Å². The maximum Gasteiger partial charge on any atom is 0.0992 e. The molecule has 1 heterocycles. The molecular formula is C14H12BrN3. The summed E-state index contributed by atoms with van der Waals surface area (Å²) in [6.07, 6.45) is 1.78. The number of aromatic nitrogens is 1. The normalized spacial score (nSPS) is 9.83.